The summed E-state index contributed by atoms with van der Waals surface area (Å²) in [6.07, 6.45) is 0.0803. The molecule has 1 rings (SSSR count). The van der Waals surface area contributed by atoms with E-state index in [1.807, 2.05) is 0 Å². The molecule has 0 aromatic heterocycles. The monoisotopic (exact) mass is 186 g/mol. The van der Waals surface area contributed by atoms with Gasteiger partial charge in [-0.25, -0.2) is 0 Å². The predicted molar refractivity (Wildman–Crippen MR) is 45.9 cm³/mol. The first-order valence-electron chi connectivity index (χ1n) is 4.32. The summed E-state index contributed by atoms with van der Waals surface area (Å²) in [6.45, 7) is 2.31. The number of aliphatic hydroxyl groups excluding tert-OH is 1. The number of nitrogens with one attached hydrogen (secondary N) is 1. The van der Waals surface area contributed by atoms with Gasteiger partial charge in [0.1, 0.15) is 0 Å². The van der Waals surface area contributed by atoms with Gasteiger partial charge in [0, 0.05) is 6.54 Å². The fourth-order valence-electron chi connectivity index (χ4n) is 1.15. The van der Waals surface area contributed by atoms with Gasteiger partial charge in [0.05, 0.1) is 19.2 Å². The average molecular weight is 186 g/mol. The van der Waals surface area contributed by atoms with Crippen LogP contribution in [0.15, 0.2) is 0 Å². The lowest BCUT2D eigenvalue weighted by Crippen LogP contribution is -2.51. The molecule has 0 aromatic carbocycles. The molecule has 0 aliphatic carbocycles. The van der Waals surface area contributed by atoms with Crippen LogP contribution in [-0.4, -0.2) is 47.6 Å². The van der Waals surface area contributed by atoms with Gasteiger partial charge in [0.2, 0.25) is 11.8 Å². The summed E-state index contributed by atoms with van der Waals surface area (Å²) in [4.78, 5) is 23.5. The minimum Gasteiger partial charge on any atom is -0.393 e. The molecular formula is C8H14N2O3. The van der Waals surface area contributed by atoms with Gasteiger partial charge in [0.15, 0.2) is 0 Å². The van der Waals surface area contributed by atoms with Gasteiger partial charge in [0.25, 0.3) is 0 Å². The minimum atomic E-state index is -0.433. The molecule has 1 aliphatic heterocycles. The standard InChI is InChI=1S/C8H14N2O3/c1-6(11)2-3-10-5-7(12)9-4-8(10)13/h6,11H,2-5H2,1H3,(H,9,12). The Morgan fingerprint density at radius 1 is 1.62 bits per heavy atom. The second-order valence-electron chi connectivity index (χ2n) is 3.23. The van der Waals surface area contributed by atoms with Crippen LogP contribution in [-0.2, 0) is 9.59 Å². The molecule has 0 bridgehead atoms. The highest BCUT2D eigenvalue weighted by atomic mass is 16.3. The van der Waals surface area contributed by atoms with Crippen molar-refractivity contribution in [3.8, 4) is 0 Å². The molecule has 1 aliphatic rings. The molecule has 5 nitrogen and oxygen atoms in total. The lowest BCUT2D eigenvalue weighted by atomic mass is 10.2. The van der Waals surface area contributed by atoms with Gasteiger partial charge in [-0.3, -0.25) is 9.59 Å². The first kappa shape index (κ1) is 9.98. The zero-order valence-corrected chi connectivity index (χ0v) is 7.62. The fourth-order valence-corrected chi connectivity index (χ4v) is 1.15. The van der Waals surface area contributed by atoms with Gasteiger partial charge >= 0.3 is 0 Å². The van der Waals surface area contributed by atoms with E-state index in [2.05, 4.69) is 5.32 Å². The van der Waals surface area contributed by atoms with E-state index in [9.17, 15) is 9.59 Å². The van der Waals surface area contributed by atoms with Gasteiger partial charge in [-0.15, -0.1) is 0 Å². The van der Waals surface area contributed by atoms with Gasteiger partial charge in [-0.1, -0.05) is 0 Å². The van der Waals surface area contributed by atoms with Crippen LogP contribution >= 0.6 is 0 Å². The first-order valence-corrected chi connectivity index (χ1v) is 4.32. The van der Waals surface area contributed by atoms with E-state index in [0.29, 0.717) is 13.0 Å². The number of carbonyl (C=O) groups excluding carboxylic acids is 2. The number of nitrogens with zero attached hydrogens (tertiary/aromatic N) is 1. The molecule has 1 atom stereocenters. The third kappa shape index (κ3) is 3.02. The summed E-state index contributed by atoms with van der Waals surface area (Å²) in [5, 5.41) is 11.5. The lowest BCUT2D eigenvalue weighted by molar-refractivity contribution is -0.140. The molecule has 74 valence electrons. The zero-order chi connectivity index (χ0) is 9.84. The van der Waals surface area contributed by atoms with Crippen molar-refractivity contribution in [1.29, 1.82) is 0 Å². The van der Waals surface area contributed by atoms with E-state index < -0.39 is 6.10 Å². The van der Waals surface area contributed by atoms with Gasteiger partial charge in [-0.2, -0.15) is 0 Å². The Balaban J connectivity index is 2.38. The molecular weight excluding hydrogens is 172 g/mol. The number of amides is 2. The molecule has 5 heteroatoms. The van der Waals surface area contributed by atoms with Crippen LogP contribution in [0.1, 0.15) is 13.3 Å². The van der Waals surface area contributed by atoms with Crippen LogP contribution in [0, 0.1) is 0 Å². The van der Waals surface area contributed by atoms with Crippen molar-refractivity contribution in [3.05, 3.63) is 0 Å². The summed E-state index contributed by atoms with van der Waals surface area (Å²) >= 11 is 0. The van der Waals surface area contributed by atoms with Crippen LogP contribution < -0.4 is 5.32 Å². The van der Waals surface area contributed by atoms with Crippen LogP contribution in [0.5, 0.6) is 0 Å². The first-order chi connectivity index (χ1) is 6.09. The summed E-state index contributed by atoms with van der Waals surface area (Å²) in [7, 11) is 0. The topological polar surface area (TPSA) is 69.6 Å². The van der Waals surface area contributed by atoms with Crippen molar-refractivity contribution < 1.29 is 14.7 Å². The van der Waals surface area contributed by atoms with Crippen molar-refractivity contribution >= 4 is 11.8 Å². The Bertz CT molecular complexity index is 215. The minimum absolute atomic E-state index is 0.0820. The maximum Gasteiger partial charge on any atom is 0.242 e. The third-order valence-electron chi connectivity index (χ3n) is 1.94. The molecule has 2 amide bonds. The number of rotatable bonds is 3. The molecule has 0 spiro atoms. The third-order valence-corrected chi connectivity index (χ3v) is 1.94. The lowest BCUT2D eigenvalue weighted by Gasteiger charge is -2.26. The predicted octanol–water partition coefficient (Wildman–Crippen LogP) is -1.28. The van der Waals surface area contributed by atoms with E-state index >= 15 is 0 Å². The Hall–Kier alpha value is -1.10. The van der Waals surface area contributed by atoms with Crippen molar-refractivity contribution in [2.75, 3.05) is 19.6 Å². The van der Waals surface area contributed by atoms with Crippen LogP contribution in [0.3, 0.4) is 0 Å². The molecule has 2 N–H and O–H groups in total. The fraction of sp³-hybridized carbons (Fsp3) is 0.750. The van der Waals surface area contributed by atoms with Gasteiger partial charge in [-0.05, 0) is 13.3 Å². The SMILES string of the molecule is CC(O)CCN1CC(=O)NCC1=O. The molecule has 1 fully saturated rings. The zero-order valence-electron chi connectivity index (χ0n) is 7.62. The molecule has 0 saturated carbocycles. The largest absolute Gasteiger partial charge is 0.393 e. The van der Waals surface area contributed by atoms with Crippen molar-refractivity contribution in [2.45, 2.75) is 19.4 Å². The normalized spacial score (nSPS) is 20.0. The van der Waals surface area contributed by atoms with Crippen molar-refractivity contribution in [1.82, 2.24) is 10.2 Å². The number of carbonyl (C=O) groups is 2. The Kier molecular flexibility index (Phi) is 3.25. The van der Waals surface area contributed by atoms with Crippen molar-refractivity contribution in [3.63, 3.8) is 0 Å². The van der Waals surface area contributed by atoms with Gasteiger partial charge < -0.3 is 15.3 Å². The highest BCUT2D eigenvalue weighted by Gasteiger charge is 2.22. The smallest absolute Gasteiger partial charge is 0.242 e. The highest BCUT2D eigenvalue weighted by Crippen LogP contribution is 1.99. The molecule has 13 heavy (non-hydrogen) atoms. The molecule has 1 heterocycles. The summed E-state index contributed by atoms with van der Waals surface area (Å²) in [6, 6.07) is 0. The second-order valence-corrected chi connectivity index (χ2v) is 3.23. The Labute approximate surface area is 76.7 Å². The molecule has 1 unspecified atom stereocenters. The average Bonchev–Trinajstić information content (AvgIpc) is 2.06. The van der Waals surface area contributed by atoms with Crippen LogP contribution in [0.25, 0.3) is 0 Å². The van der Waals surface area contributed by atoms with E-state index in [-0.39, 0.29) is 24.9 Å². The van der Waals surface area contributed by atoms with Crippen LogP contribution in [0.4, 0.5) is 0 Å². The summed E-state index contributed by atoms with van der Waals surface area (Å²) in [5.74, 6) is -0.217. The molecule has 1 saturated heterocycles. The Morgan fingerprint density at radius 3 is 2.92 bits per heavy atom. The van der Waals surface area contributed by atoms with Crippen LogP contribution in [0.2, 0.25) is 0 Å². The van der Waals surface area contributed by atoms with E-state index in [1.165, 1.54) is 4.90 Å². The molecule has 0 aromatic rings. The summed E-state index contributed by atoms with van der Waals surface area (Å²) in [5.41, 5.74) is 0. The highest BCUT2D eigenvalue weighted by molar-refractivity contribution is 5.92. The number of aliphatic hydroxyl groups is 1. The second kappa shape index (κ2) is 4.23. The quantitative estimate of drug-likeness (QED) is 0.576. The van der Waals surface area contributed by atoms with Crippen molar-refractivity contribution in [2.24, 2.45) is 0 Å². The maximum atomic E-state index is 11.2. The van der Waals surface area contributed by atoms with E-state index in [0.717, 1.165) is 0 Å². The Morgan fingerprint density at radius 2 is 2.31 bits per heavy atom. The number of hydrogen-bond donors (Lipinski definition) is 2. The summed E-state index contributed by atoms with van der Waals surface area (Å²) < 4.78 is 0. The van der Waals surface area contributed by atoms with E-state index in [4.69, 9.17) is 5.11 Å². The number of piperazine rings is 1. The molecule has 0 radical (unpaired) electrons. The number of hydrogen-bond acceptors (Lipinski definition) is 3. The maximum absolute atomic E-state index is 11.2. The van der Waals surface area contributed by atoms with E-state index in [1.54, 1.807) is 6.92 Å².